The maximum Gasteiger partial charge on any atom is 0.264 e. The average Bonchev–Trinajstić information content (AvgIpc) is 3.17. The van der Waals surface area contributed by atoms with Crippen LogP contribution in [0.1, 0.15) is 22.2 Å². The number of ether oxygens (including phenoxy) is 2. The summed E-state index contributed by atoms with van der Waals surface area (Å²) < 4.78 is 12.1. The van der Waals surface area contributed by atoms with Gasteiger partial charge < -0.3 is 19.3 Å². The lowest BCUT2D eigenvalue weighted by molar-refractivity contribution is 0.0751. The van der Waals surface area contributed by atoms with Gasteiger partial charge in [-0.15, -0.1) is 11.3 Å². The first-order valence-electron chi connectivity index (χ1n) is 10.8. The Hall–Kier alpha value is -2.91. The normalized spacial score (nSPS) is 14.2. The number of amides is 1. The van der Waals surface area contributed by atoms with Gasteiger partial charge in [0.25, 0.3) is 11.5 Å². The molecule has 1 aromatic carbocycles. The Labute approximate surface area is 191 Å². The van der Waals surface area contributed by atoms with E-state index in [2.05, 4.69) is 9.88 Å². The van der Waals surface area contributed by atoms with Crippen LogP contribution in [0.2, 0.25) is 0 Å². The van der Waals surface area contributed by atoms with E-state index in [0.29, 0.717) is 47.9 Å². The molecular weight excluding hydrogens is 428 g/mol. The van der Waals surface area contributed by atoms with E-state index in [1.807, 2.05) is 43.0 Å². The van der Waals surface area contributed by atoms with Crippen LogP contribution >= 0.6 is 11.3 Å². The fourth-order valence-corrected chi connectivity index (χ4v) is 5.04. The number of aryl methyl sites for hydroxylation is 1. The summed E-state index contributed by atoms with van der Waals surface area (Å²) in [6, 6.07) is 7.96. The molecule has 0 saturated carbocycles. The summed E-state index contributed by atoms with van der Waals surface area (Å²) in [4.78, 5) is 36.0. The SMILES string of the molecule is CCOCCn1cnc2sc(C(=O)N3CCN(c4ccc(OC)cc4)CC3)c(C)c2c1=O. The smallest absolute Gasteiger partial charge is 0.264 e. The number of fused-ring (bicyclic) bond motifs is 1. The van der Waals surface area contributed by atoms with Gasteiger partial charge in [0, 0.05) is 38.5 Å². The number of piperazine rings is 1. The van der Waals surface area contributed by atoms with Gasteiger partial charge in [0.1, 0.15) is 10.6 Å². The molecule has 0 N–H and O–H groups in total. The van der Waals surface area contributed by atoms with Crippen LogP contribution in [0.15, 0.2) is 35.4 Å². The number of hydrogen-bond acceptors (Lipinski definition) is 7. The molecule has 4 rings (SSSR count). The van der Waals surface area contributed by atoms with Gasteiger partial charge in [-0.2, -0.15) is 0 Å². The summed E-state index contributed by atoms with van der Waals surface area (Å²) in [5.74, 6) is 0.800. The lowest BCUT2D eigenvalue weighted by Gasteiger charge is -2.36. The third kappa shape index (κ3) is 4.35. The number of benzene rings is 1. The van der Waals surface area contributed by atoms with E-state index in [4.69, 9.17) is 9.47 Å². The number of thiophene rings is 1. The Morgan fingerprint density at radius 3 is 2.53 bits per heavy atom. The van der Waals surface area contributed by atoms with Gasteiger partial charge in [0.05, 0.1) is 36.9 Å². The molecule has 0 bridgehead atoms. The zero-order chi connectivity index (χ0) is 22.7. The van der Waals surface area contributed by atoms with Crippen molar-refractivity contribution in [3.05, 3.63) is 51.4 Å². The number of anilines is 1. The van der Waals surface area contributed by atoms with Crippen molar-refractivity contribution in [2.24, 2.45) is 0 Å². The summed E-state index contributed by atoms with van der Waals surface area (Å²) in [5.41, 5.74) is 1.72. The maximum absolute atomic E-state index is 13.3. The van der Waals surface area contributed by atoms with Gasteiger partial charge >= 0.3 is 0 Å². The Morgan fingerprint density at radius 2 is 1.88 bits per heavy atom. The molecule has 0 spiro atoms. The van der Waals surface area contributed by atoms with E-state index in [9.17, 15) is 9.59 Å². The molecule has 1 aliphatic rings. The largest absolute Gasteiger partial charge is 0.497 e. The molecule has 0 radical (unpaired) electrons. The van der Waals surface area contributed by atoms with Crippen molar-refractivity contribution in [3.63, 3.8) is 0 Å². The molecule has 0 aliphatic carbocycles. The Balaban J connectivity index is 1.48. The van der Waals surface area contributed by atoms with Gasteiger partial charge in [-0.1, -0.05) is 0 Å². The lowest BCUT2D eigenvalue weighted by Crippen LogP contribution is -2.48. The van der Waals surface area contributed by atoms with Crippen LogP contribution in [0.3, 0.4) is 0 Å². The fraction of sp³-hybridized carbons (Fsp3) is 0.435. The lowest BCUT2D eigenvalue weighted by atomic mass is 10.2. The van der Waals surface area contributed by atoms with Crippen molar-refractivity contribution in [1.29, 1.82) is 0 Å². The van der Waals surface area contributed by atoms with Gasteiger partial charge in [-0.25, -0.2) is 4.98 Å². The zero-order valence-electron chi connectivity index (χ0n) is 18.7. The zero-order valence-corrected chi connectivity index (χ0v) is 19.5. The molecule has 3 heterocycles. The highest BCUT2D eigenvalue weighted by Crippen LogP contribution is 2.29. The molecule has 3 aromatic rings. The molecule has 1 aliphatic heterocycles. The Morgan fingerprint density at radius 1 is 1.16 bits per heavy atom. The van der Waals surface area contributed by atoms with Crippen molar-refractivity contribution in [2.45, 2.75) is 20.4 Å². The molecule has 2 aromatic heterocycles. The molecular formula is C23H28N4O4S. The molecule has 0 atom stereocenters. The quantitative estimate of drug-likeness (QED) is 0.509. The van der Waals surface area contributed by atoms with Gasteiger partial charge in [-0.3, -0.25) is 14.2 Å². The van der Waals surface area contributed by atoms with Crippen LogP contribution in [0, 0.1) is 6.92 Å². The average molecular weight is 457 g/mol. The van der Waals surface area contributed by atoms with Crippen molar-refractivity contribution in [3.8, 4) is 5.75 Å². The number of aromatic nitrogens is 2. The monoisotopic (exact) mass is 456 g/mol. The van der Waals surface area contributed by atoms with Crippen molar-refractivity contribution in [1.82, 2.24) is 14.5 Å². The summed E-state index contributed by atoms with van der Waals surface area (Å²) >= 11 is 1.30. The van der Waals surface area contributed by atoms with Crippen LogP contribution in [0.5, 0.6) is 5.75 Å². The first-order valence-corrected chi connectivity index (χ1v) is 11.6. The predicted molar refractivity (Wildman–Crippen MR) is 126 cm³/mol. The second-order valence-electron chi connectivity index (χ2n) is 7.65. The molecule has 1 fully saturated rings. The van der Waals surface area contributed by atoms with E-state index in [1.54, 1.807) is 18.0 Å². The third-order valence-electron chi connectivity index (χ3n) is 5.80. The number of nitrogens with zero attached hydrogens (tertiary/aromatic N) is 4. The van der Waals surface area contributed by atoms with E-state index >= 15 is 0 Å². The molecule has 1 amide bonds. The van der Waals surface area contributed by atoms with Gasteiger partial charge in [0.2, 0.25) is 0 Å². The van der Waals surface area contributed by atoms with Crippen LogP contribution in [0.25, 0.3) is 10.2 Å². The van der Waals surface area contributed by atoms with Crippen molar-refractivity contribution < 1.29 is 14.3 Å². The highest BCUT2D eigenvalue weighted by molar-refractivity contribution is 7.20. The second kappa shape index (κ2) is 9.70. The predicted octanol–water partition coefficient (Wildman–Crippen LogP) is 2.77. The van der Waals surface area contributed by atoms with E-state index < -0.39 is 0 Å². The summed E-state index contributed by atoms with van der Waals surface area (Å²) in [5, 5.41) is 0.536. The molecule has 9 heteroatoms. The molecule has 32 heavy (non-hydrogen) atoms. The highest BCUT2D eigenvalue weighted by Gasteiger charge is 2.27. The number of carbonyl (C=O) groups is 1. The van der Waals surface area contributed by atoms with E-state index in [-0.39, 0.29) is 11.5 Å². The van der Waals surface area contributed by atoms with Crippen LogP contribution < -0.4 is 15.2 Å². The first-order chi connectivity index (χ1) is 15.5. The summed E-state index contributed by atoms with van der Waals surface area (Å²) in [6.07, 6.45) is 1.54. The highest BCUT2D eigenvalue weighted by atomic mass is 32.1. The minimum atomic E-state index is -0.119. The van der Waals surface area contributed by atoms with Crippen LogP contribution in [-0.4, -0.2) is 66.9 Å². The van der Waals surface area contributed by atoms with Crippen LogP contribution in [0.4, 0.5) is 5.69 Å². The molecule has 1 saturated heterocycles. The Bertz CT molecular complexity index is 1150. The van der Waals surface area contributed by atoms with Crippen molar-refractivity contribution in [2.75, 3.05) is 51.4 Å². The number of carbonyl (C=O) groups excluding carboxylic acids is 1. The van der Waals surface area contributed by atoms with Crippen LogP contribution in [-0.2, 0) is 11.3 Å². The topological polar surface area (TPSA) is 76.9 Å². The minimum absolute atomic E-state index is 0.0276. The number of rotatable bonds is 7. The molecule has 8 nitrogen and oxygen atoms in total. The Kier molecular flexibility index (Phi) is 6.76. The molecule has 170 valence electrons. The van der Waals surface area contributed by atoms with Gasteiger partial charge in [-0.05, 0) is 43.7 Å². The van der Waals surface area contributed by atoms with E-state index in [1.165, 1.54) is 11.3 Å². The maximum atomic E-state index is 13.3. The van der Waals surface area contributed by atoms with E-state index in [0.717, 1.165) is 30.1 Å². The van der Waals surface area contributed by atoms with Gasteiger partial charge in [0.15, 0.2) is 0 Å². The fourth-order valence-electron chi connectivity index (χ4n) is 3.93. The van der Waals surface area contributed by atoms with Crippen molar-refractivity contribution >= 4 is 33.1 Å². The number of methoxy groups -OCH3 is 1. The standard InChI is InChI=1S/C23H28N4O4S/c1-4-31-14-13-27-15-24-21-19(22(27)28)16(2)20(32-21)23(29)26-11-9-25(10-12-26)17-5-7-18(30-3)8-6-17/h5-8,15H,4,9-14H2,1-3H3. The summed E-state index contributed by atoms with van der Waals surface area (Å²) in [7, 11) is 1.65. The number of hydrogen-bond donors (Lipinski definition) is 0. The third-order valence-corrected chi connectivity index (χ3v) is 6.98. The first kappa shape index (κ1) is 22.3. The summed E-state index contributed by atoms with van der Waals surface area (Å²) in [6.45, 7) is 8.03. The second-order valence-corrected chi connectivity index (χ2v) is 8.65. The molecule has 0 unspecified atom stereocenters. The minimum Gasteiger partial charge on any atom is -0.497 e.